The molecule has 9 heteroatoms. The molecular formula is C22H27N3O6. The molecule has 0 aliphatic heterocycles. The number of aromatic carboxylic acids is 1. The Morgan fingerprint density at radius 1 is 0.935 bits per heavy atom. The Bertz CT molecular complexity index is 949. The highest BCUT2D eigenvalue weighted by atomic mass is 16.6. The van der Waals surface area contributed by atoms with E-state index in [2.05, 4.69) is 16.0 Å². The van der Waals surface area contributed by atoms with E-state index < -0.39 is 23.7 Å². The zero-order valence-electron chi connectivity index (χ0n) is 18.1. The Morgan fingerprint density at radius 3 is 2.10 bits per heavy atom. The summed E-state index contributed by atoms with van der Waals surface area (Å²) in [7, 11) is 0. The van der Waals surface area contributed by atoms with Gasteiger partial charge >= 0.3 is 18.1 Å². The van der Waals surface area contributed by atoms with Gasteiger partial charge in [-0.25, -0.2) is 14.4 Å². The smallest absolute Gasteiger partial charge is 0.412 e. The molecule has 0 aliphatic rings. The monoisotopic (exact) mass is 429 g/mol. The van der Waals surface area contributed by atoms with Gasteiger partial charge in [0, 0.05) is 17.4 Å². The van der Waals surface area contributed by atoms with Crippen molar-refractivity contribution in [2.45, 2.75) is 46.3 Å². The molecule has 0 aliphatic carbocycles. The third-order valence-corrected chi connectivity index (χ3v) is 3.62. The second-order valence-electron chi connectivity index (χ2n) is 8.02. The molecule has 0 fully saturated rings. The number of ether oxygens (including phenoxy) is 2. The maximum atomic E-state index is 11.8. The van der Waals surface area contributed by atoms with Gasteiger partial charge in [0.15, 0.2) is 0 Å². The Balaban J connectivity index is 2.10. The number of anilines is 2. The number of hydrogen-bond donors (Lipinski definition) is 4. The van der Waals surface area contributed by atoms with Crippen molar-refractivity contribution in [3.05, 3.63) is 48.0 Å². The van der Waals surface area contributed by atoms with Crippen molar-refractivity contribution < 1.29 is 29.0 Å². The Kier molecular flexibility index (Phi) is 7.47. The maximum absolute atomic E-state index is 11.8. The molecule has 9 nitrogen and oxygen atoms in total. The van der Waals surface area contributed by atoms with E-state index in [-0.39, 0.29) is 17.4 Å². The van der Waals surface area contributed by atoms with Crippen LogP contribution in [-0.2, 0) is 4.74 Å². The molecule has 31 heavy (non-hydrogen) atoms. The highest BCUT2D eigenvalue weighted by molar-refractivity contribution is 5.95. The lowest BCUT2D eigenvalue weighted by Crippen LogP contribution is -2.34. The minimum absolute atomic E-state index is 0.0608. The highest BCUT2D eigenvalue weighted by Crippen LogP contribution is 2.29. The van der Waals surface area contributed by atoms with Crippen molar-refractivity contribution in [2.24, 2.45) is 0 Å². The van der Waals surface area contributed by atoms with Crippen LogP contribution in [0.1, 0.15) is 45.0 Å². The first-order chi connectivity index (χ1) is 14.4. The number of benzene rings is 2. The second-order valence-corrected chi connectivity index (χ2v) is 8.02. The zero-order chi connectivity index (χ0) is 23.2. The molecule has 0 atom stereocenters. The molecule has 0 bridgehead atoms. The zero-order valence-corrected chi connectivity index (χ0v) is 18.1. The summed E-state index contributed by atoms with van der Waals surface area (Å²) in [5, 5.41) is 17.4. The van der Waals surface area contributed by atoms with Gasteiger partial charge in [0.05, 0.1) is 0 Å². The first-order valence-corrected chi connectivity index (χ1v) is 9.66. The molecule has 0 unspecified atom stereocenters. The van der Waals surface area contributed by atoms with Gasteiger partial charge in [-0.15, -0.1) is 0 Å². The largest absolute Gasteiger partial charge is 0.478 e. The van der Waals surface area contributed by atoms with Crippen molar-refractivity contribution >= 4 is 29.5 Å². The van der Waals surface area contributed by atoms with Crippen LogP contribution in [0.15, 0.2) is 42.5 Å². The molecule has 166 valence electrons. The molecule has 0 aromatic heterocycles. The molecule has 0 radical (unpaired) electrons. The first kappa shape index (κ1) is 23.5. The van der Waals surface area contributed by atoms with Gasteiger partial charge in [-0.1, -0.05) is 0 Å². The number of hydrogen-bond acceptors (Lipinski definition) is 5. The Hall–Kier alpha value is -3.75. The van der Waals surface area contributed by atoms with E-state index in [4.69, 9.17) is 9.47 Å². The van der Waals surface area contributed by atoms with E-state index in [0.717, 1.165) is 0 Å². The molecule has 2 aromatic carbocycles. The van der Waals surface area contributed by atoms with Crippen molar-refractivity contribution in [2.75, 3.05) is 10.6 Å². The minimum Gasteiger partial charge on any atom is -0.478 e. The van der Waals surface area contributed by atoms with Gasteiger partial charge in [-0.3, -0.25) is 5.32 Å². The summed E-state index contributed by atoms with van der Waals surface area (Å²) in [6.07, 6.45) is -0.584. The van der Waals surface area contributed by atoms with Gasteiger partial charge in [-0.2, -0.15) is 0 Å². The predicted octanol–water partition coefficient (Wildman–Crippen LogP) is 5.05. The van der Waals surface area contributed by atoms with Gasteiger partial charge in [0.25, 0.3) is 0 Å². The van der Waals surface area contributed by atoms with Gasteiger partial charge in [-0.05, 0) is 77.1 Å². The fourth-order valence-electron chi connectivity index (χ4n) is 2.45. The average Bonchev–Trinajstić information content (AvgIpc) is 2.62. The van der Waals surface area contributed by atoms with Crippen molar-refractivity contribution in [1.29, 1.82) is 0 Å². The summed E-state index contributed by atoms with van der Waals surface area (Å²) < 4.78 is 10.9. The third-order valence-electron chi connectivity index (χ3n) is 3.62. The lowest BCUT2D eigenvalue weighted by molar-refractivity contribution is 0.0633. The lowest BCUT2D eigenvalue weighted by atomic mass is 10.1. The van der Waals surface area contributed by atoms with Crippen molar-refractivity contribution in [3.8, 4) is 11.5 Å². The number of carboxylic acid groups (broad SMARTS) is 1. The summed E-state index contributed by atoms with van der Waals surface area (Å²) in [5.41, 5.74) is 0.0884. The van der Waals surface area contributed by atoms with Gasteiger partial charge in [0.2, 0.25) is 0 Å². The summed E-state index contributed by atoms with van der Waals surface area (Å²) in [4.78, 5) is 35.3. The number of amides is 3. The molecule has 0 saturated heterocycles. The number of rotatable bonds is 6. The predicted molar refractivity (Wildman–Crippen MR) is 117 cm³/mol. The van der Waals surface area contributed by atoms with Crippen molar-refractivity contribution in [1.82, 2.24) is 5.32 Å². The number of nitrogens with one attached hydrogen (secondary N) is 3. The van der Waals surface area contributed by atoms with Crippen LogP contribution in [0.3, 0.4) is 0 Å². The van der Waals surface area contributed by atoms with Crippen LogP contribution < -0.4 is 20.7 Å². The molecule has 4 N–H and O–H groups in total. The summed E-state index contributed by atoms with van der Waals surface area (Å²) >= 11 is 0. The normalized spacial score (nSPS) is 10.9. The van der Waals surface area contributed by atoms with Crippen LogP contribution in [0.4, 0.5) is 21.0 Å². The molecule has 2 aromatic rings. The molecule has 0 spiro atoms. The van der Waals surface area contributed by atoms with Gasteiger partial charge < -0.3 is 25.2 Å². The standard InChI is InChI=1S/C22H27N3O6/c1-13(2)23-20(28)24-15-8-11-18(17(12-15)19(26)27)30-16-9-6-14(7-10-16)25-21(29)31-22(3,4)5/h6-13H,1-5H3,(H,25,29)(H,26,27)(H2,23,24,28). The highest BCUT2D eigenvalue weighted by Gasteiger charge is 2.17. The van der Waals surface area contributed by atoms with Crippen LogP contribution in [0.2, 0.25) is 0 Å². The van der Waals surface area contributed by atoms with Crippen molar-refractivity contribution in [3.63, 3.8) is 0 Å². The number of urea groups is 1. The first-order valence-electron chi connectivity index (χ1n) is 9.66. The number of carbonyl (C=O) groups is 3. The van der Waals surface area contributed by atoms with E-state index in [0.29, 0.717) is 17.1 Å². The molecule has 0 heterocycles. The van der Waals surface area contributed by atoms with E-state index >= 15 is 0 Å². The molecule has 0 saturated carbocycles. The summed E-state index contributed by atoms with van der Waals surface area (Å²) in [5.74, 6) is -0.725. The number of carboxylic acids is 1. The second kappa shape index (κ2) is 9.84. The van der Waals surface area contributed by atoms with Gasteiger partial charge in [0.1, 0.15) is 22.7 Å². The van der Waals surface area contributed by atoms with E-state index in [1.807, 2.05) is 13.8 Å². The summed E-state index contributed by atoms with van der Waals surface area (Å²) in [6.45, 7) is 8.92. The SMILES string of the molecule is CC(C)NC(=O)Nc1ccc(Oc2ccc(NC(=O)OC(C)(C)C)cc2)c(C(=O)O)c1. The van der Waals surface area contributed by atoms with Crippen LogP contribution in [-0.4, -0.2) is 34.8 Å². The van der Waals surface area contributed by atoms with E-state index in [9.17, 15) is 19.5 Å². The third kappa shape index (κ3) is 7.88. The fourth-order valence-corrected chi connectivity index (χ4v) is 2.45. The Labute approximate surface area is 180 Å². The summed E-state index contributed by atoms with van der Waals surface area (Å²) in [6, 6.07) is 10.2. The quantitative estimate of drug-likeness (QED) is 0.509. The molecular weight excluding hydrogens is 402 g/mol. The van der Waals surface area contributed by atoms with Crippen LogP contribution in [0, 0.1) is 0 Å². The molecule has 3 amide bonds. The minimum atomic E-state index is -1.20. The lowest BCUT2D eigenvalue weighted by Gasteiger charge is -2.19. The van der Waals surface area contributed by atoms with Crippen LogP contribution in [0.5, 0.6) is 11.5 Å². The molecule has 2 rings (SSSR count). The maximum Gasteiger partial charge on any atom is 0.412 e. The van der Waals surface area contributed by atoms with E-state index in [1.165, 1.54) is 12.1 Å². The van der Waals surface area contributed by atoms with Crippen LogP contribution >= 0.6 is 0 Å². The Morgan fingerprint density at radius 2 is 1.55 bits per heavy atom. The average molecular weight is 429 g/mol. The fraction of sp³-hybridized carbons (Fsp3) is 0.318. The number of carbonyl (C=O) groups excluding carboxylic acids is 2. The van der Waals surface area contributed by atoms with Crippen LogP contribution in [0.25, 0.3) is 0 Å². The topological polar surface area (TPSA) is 126 Å². The van der Waals surface area contributed by atoms with E-state index in [1.54, 1.807) is 51.1 Å².